The zero-order valence-corrected chi connectivity index (χ0v) is 18.5. The summed E-state index contributed by atoms with van der Waals surface area (Å²) in [7, 11) is -3.94. The molecule has 0 aromatic heterocycles. The lowest BCUT2D eigenvalue weighted by Gasteiger charge is -2.22. The van der Waals surface area contributed by atoms with Crippen molar-refractivity contribution in [3.05, 3.63) is 101 Å². The molecule has 3 aromatic rings. The molecule has 6 nitrogen and oxygen atoms in total. The second-order valence-corrected chi connectivity index (χ2v) is 9.23. The standard InChI is InChI=1S/C23H22ClN3O3S/c1-18-11-13-21(14-12-18)31(29,30)27(16-20-9-5-6-10-22(20)24)17-23(28)26-25-15-19-7-3-2-4-8-19/h2-15H,16-17H2,1H3,(H,26,28)/b25-15-. The van der Waals surface area contributed by atoms with Gasteiger partial charge in [0.1, 0.15) is 0 Å². The molecule has 0 saturated heterocycles. The van der Waals surface area contributed by atoms with Gasteiger partial charge >= 0.3 is 0 Å². The maximum Gasteiger partial charge on any atom is 0.255 e. The van der Waals surface area contributed by atoms with Crippen LogP contribution < -0.4 is 5.43 Å². The Labute approximate surface area is 187 Å². The van der Waals surface area contributed by atoms with Gasteiger partial charge in [0.05, 0.1) is 17.7 Å². The van der Waals surface area contributed by atoms with E-state index in [0.29, 0.717) is 10.6 Å². The third-order valence-electron chi connectivity index (χ3n) is 4.49. The lowest BCUT2D eigenvalue weighted by Crippen LogP contribution is -2.39. The quantitative estimate of drug-likeness (QED) is 0.412. The molecule has 0 bridgehead atoms. The summed E-state index contributed by atoms with van der Waals surface area (Å²) in [6, 6.07) is 22.6. The van der Waals surface area contributed by atoms with Gasteiger partial charge in [-0.1, -0.05) is 77.8 Å². The van der Waals surface area contributed by atoms with Gasteiger partial charge in [-0.05, 0) is 36.2 Å². The number of hydrogen-bond acceptors (Lipinski definition) is 4. The Kier molecular flexibility index (Phi) is 7.57. The van der Waals surface area contributed by atoms with E-state index in [1.165, 1.54) is 18.3 Å². The van der Waals surface area contributed by atoms with Crippen molar-refractivity contribution in [3.63, 3.8) is 0 Å². The summed E-state index contributed by atoms with van der Waals surface area (Å²) in [6.45, 7) is 1.41. The van der Waals surface area contributed by atoms with Gasteiger partial charge < -0.3 is 0 Å². The molecule has 0 radical (unpaired) electrons. The third-order valence-corrected chi connectivity index (χ3v) is 6.66. The normalized spacial score (nSPS) is 11.7. The zero-order valence-electron chi connectivity index (χ0n) is 16.9. The largest absolute Gasteiger partial charge is 0.272 e. The highest BCUT2D eigenvalue weighted by molar-refractivity contribution is 7.89. The predicted octanol–water partition coefficient (Wildman–Crippen LogP) is 3.99. The Bertz CT molecular complexity index is 1160. The first-order chi connectivity index (χ1) is 14.9. The van der Waals surface area contributed by atoms with E-state index < -0.39 is 22.5 Å². The van der Waals surface area contributed by atoms with Crippen LogP contribution in [0, 0.1) is 6.92 Å². The number of sulfonamides is 1. The van der Waals surface area contributed by atoms with Crippen molar-refractivity contribution < 1.29 is 13.2 Å². The fraction of sp³-hybridized carbons (Fsp3) is 0.130. The van der Waals surface area contributed by atoms with E-state index in [1.807, 2.05) is 37.3 Å². The van der Waals surface area contributed by atoms with Crippen LogP contribution in [0.3, 0.4) is 0 Å². The molecule has 0 aliphatic carbocycles. The van der Waals surface area contributed by atoms with Crippen LogP contribution in [0.15, 0.2) is 88.9 Å². The van der Waals surface area contributed by atoms with Crippen LogP contribution in [-0.2, 0) is 21.4 Å². The molecule has 0 heterocycles. The van der Waals surface area contributed by atoms with Crippen LogP contribution in [0.4, 0.5) is 0 Å². The Morgan fingerprint density at radius 3 is 2.32 bits per heavy atom. The number of hydrogen-bond donors (Lipinski definition) is 1. The molecule has 0 spiro atoms. The molecule has 8 heteroatoms. The summed E-state index contributed by atoms with van der Waals surface area (Å²) in [6.07, 6.45) is 1.49. The van der Waals surface area contributed by atoms with E-state index in [2.05, 4.69) is 10.5 Å². The van der Waals surface area contributed by atoms with Gasteiger partial charge in [0.25, 0.3) is 5.91 Å². The van der Waals surface area contributed by atoms with Crippen molar-refractivity contribution in [2.45, 2.75) is 18.4 Å². The smallest absolute Gasteiger partial charge is 0.255 e. The molecule has 160 valence electrons. The third kappa shape index (κ3) is 6.24. The van der Waals surface area contributed by atoms with Crippen LogP contribution in [0.5, 0.6) is 0 Å². The van der Waals surface area contributed by atoms with Gasteiger partial charge in [-0.25, -0.2) is 13.8 Å². The number of nitrogens with zero attached hydrogens (tertiary/aromatic N) is 2. The van der Waals surface area contributed by atoms with Crippen molar-refractivity contribution in [1.29, 1.82) is 0 Å². The molecule has 0 saturated carbocycles. The number of aryl methyl sites for hydroxylation is 1. The van der Waals surface area contributed by atoms with Gasteiger partial charge in [0, 0.05) is 11.6 Å². The monoisotopic (exact) mass is 455 g/mol. The number of carbonyl (C=O) groups is 1. The van der Waals surface area contributed by atoms with Crippen molar-refractivity contribution in [2.24, 2.45) is 5.10 Å². The minimum absolute atomic E-state index is 0.0499. The van der Waals surface area contributed by atoms with Crippen LogP contribution in [-0.4, -0.2) is 31.4 Å². The highest BCUT2D eigenvalue weighted by Crippen LogP contribution is 2.22. The molecule has 31 heavy (non-hydrogen) atoms. The summed E-state index contributed by atoms with van der Waals surface area (Å²) in [5.74, 6) is -0.560. The van der Waals surface area contributed by atoms with E-state index in [4.69, 9.17) is 11.6 Å². The van der Waals surface area contributed by atoms with E-state index in [-0.39, 0.29) is 11.4 Å². The fourth-order valence-electron chi connectivity index (χ4n) is 2.82. The minimum Gasteiger partial charge on any atom is -0.272 e. The summed E-state index contributed by atoms with van der Waals surface area (Å²) in [4.78, 5) is 12.6. The number of halogens is 1. The number of benzene rings is 3. The number of amides is 1. The van der Waals surface area contributed by atoms with Gasteiger partial charge in [-0.15, -0.1) is 0 Å². The molecular formula is C23H22ClN3O3S. The number of nitrogens with one attached hydrogen (secondary N) is 1. The molecule has 0 aliphatic heterocycles. The van der Waals surface area contributed by atoms with Crippen molar-refractivity contribution in [3.8, 4) is 0 Å². The SMILES string of the molecule is Cc1ccc(S(=O)(=O)N(CC(=O)N/N=C\c2ccccc2)Cc2ccccc2Cl)cc1. The average Bonchev–Trinajstić information content (AvgIpc) is 2.76. The Balaban J connectivity index is 1.81. The van der Waals surface area contributed by atoms with Crippen LogP contribution >= 0.6 is 11.6 Å². The Morgan fingerprint density at radius 1 is 1.00 bits per heavy atom. The molecule has 0 atom stereocenters. The molecule has 3 rings (SSSR count). The maximum absolute atomic E-state index is 13.3. The van der Waals surface area contributed by atoms with Crippen LogP contribution in [0.2, 0.25) is 5.02 Å². The molecule has 0 fully saturated rings. The molecule has 3 aromatic carbocycles. The first kappa shape index (κ1) is 22.7. The van der Waals surface area contributed by atoms with E-state index in [9.17, 15) is 13.2 Å². The molecular weight excluding hydrogens is 434 g/mol. The predicted molar refractivity (Wildman–Crippen MR) is 122 cm³/mol. The summed E-state index contributed by atoms with van der Waals surface area (Å²) >= 11 is 6.23. The molecule has 0 unspecified atom stereocenters. The van der Waals surface area contributed by atoms with Crippen molar-refractivity contribution in [2.75, 3.05) is 6.54 Å². The number of hydrazone groups is 1. The lowest BCUT2D eigenvalue weighted by molar-refractivity contribution is -0.121. The average molecular weight is 456 g/mol. The van der Waals surface area contributed by atoms with E-state index in [0.717, 1.165) is 15.4 Å². The second kappa shape index (κ2) is 10.3. The van der Waals surface area contributed by atoms with E-state index in [1.54, 1.807) is 36.4 Å². The first-order valence-electron chi connectivity index (χ1n) is 9.53. The Morgan fingerprint density at radius 2 is 1.65 bits per heavy atom. The Hall–Kier alpha value is -3.00. The highest BCUT2D eigenvalue weighted by Gasteiger charge is 2.27. The van der Waals surface area contributed by atoms with E-state index >= 15 is 0 Å². The first-order valence-corrected chi connectivity index (χ1v) is 11.4. The summed E-state index contributed by atoms with van der Waals surface area (Å²) in [5.41, 5.74) is 4.73. The highest BCUT2D eigenvalue weighted by atomic mass is 35.5. The molecule has 1 N–H and O–H groups in total. The van der Waals surface area contributed by atoms with Gasteiger partial charge in [-0.2, -0.15) is 9.41 Å². The summed E-state index contributed by atoms with van der Waals surface area (Å²) < 4.78 is 27.6. The number of rotatable bonds is 8. The van der Waals surface area contributed by atoms with Gasteiger partial charge in [0.2, 0.25) is 10.0 Å². The van der Waals surface area contributed by atoms with Gasteiger partial charge in [0.15, 0.2) is 0 Å². The molecule has 0 aliphatic rings. The van der Waals surface area contributed by atoms with Crippen LogP contribution in [0.25, 0.3) is 0 Å². The minimum atomic E-state index is -3.94. The fourth-order valence-corrected chi connectivity index (χ4v) is 4.39. The topological polar surface area (TPSA) is 78.8 Å². The zero-order chi connectivity index (χ0) is 22.3. The van der Waals surface area contributed by atoms with Crippen molar-refractivity contribution in [1.82, 2.24) is 9.73 Å². The van der Waals surface area contributed by atoms with Gasteiger partial charge in [-0.3, -0.25) is 4.79 Å². The lowest BCUT2D eigenvalue weighted by atomic mass is 10.2. The molecule has 1 amide bonds. The van der Waals surface area contributed by atoms with Crippen molar-refractivity contribution >= 4 is 33.7 Å². The summed E-state index contributed by atoms with van der Waals surface area (Å²) in [5, 5.41) is 4.34. The second-order valence-electron chi connectivity index (χ2n) is 6.88. The van der Waals surface area contributed by atoms with Crippen LogP contribution in [0.1, 0.15) is 16.7 Å². The number of carbonyl (C=O) groups excluding carboxylic acids is 1. The maximum atomic E-state index is 13.3.